The van der Waals surface area contributed by atoms with Crippen molar-refractivity contribution in [2.24, 2.45) is 14.1 Å². The summed E-state index contributed by atoms with van der Waals surface area (Å²) in [7, 11) is 4.13. The summed E-state index contributed by atoms with van der Waals surface area (Å²) in [6.45, 7) is 13.0. The van der Waals surface area contributed by atoms with Gasteiger partial charge in [0.05, 0.1) is 12.1 Å². The Hall–Kier alpha value is -2.98. The van der Waals surface area contributed by atoms with Crippen molar-refractivity contribution in [2.45, 2.75) is 90.5 Å². The van der Waals surface area contributed by atoms with Crippen LogP contribution in [0.25, 0.3) is 21.8 Å². The van der Waals surface area contributed by atoms with Crippen LogP contribution in [0.4, 0.5) is 9.59 Å². The van der Waals surface area contributed by atoms with Gasteiger partial charge in [-0.2, -0.15) is 0 Å². The standard InChI is InChI=1S/2C18H23BrN2O2/c2*1-18(2,3)23-17(22)21-9-5-6-15(21)16-11-12-10-13(19)7-8-14(12)20(16)4/h2*7-8,10-11,15H,5-6,9H2,1-4H3/t2*15-/m11/s1. The van der Waals surface area contributed by atoms with Crippen LogP contribution in [0, 0.1) is 0 Å². The van der Waals surface area contributed by atoms with Crippen molar-refractivity contribution >= 4 is 65.9 Å². The fraction of sp³-hybridized carbons (Fsp3) is 0.500. The second kappa shape index (κ2) is 13.3. The number of aromatic nitrogens is 2. The molecule has 2 saturated heterocycles. The Balaban J connectivity index is 0.000000181. The largest absolute Gasteiger partial charge is 0.444 e. The van der Waals surface area contributed by atoms with Crippen molar-refractivity contribution in [3.63, 3.8) is 0 Å². The number of likely N-dealkylation sites (tertiary alicyclic amines) is 2. The maximum Gasteiger partial charge on any atom is 0.410 e. The highest BCUT2D eigenvalue weighted by atomic mass is 79.9. The van der Waals surface area contributed by atoms with Crippen LogP contribution in [-0.4, -0.2) is 55.4 Å². The second-order valence-corrected chi connectivity index (χ2v) is 16.2. The molecule has 2 aliphatic rings. The molecule has 10 heteroatoms. The van der Waals surface area contributed by atoms with Crippen molar-refractivity contribution < 1.29 is 19.1 Å². The Morgan fingerprint density at radius 1 is 0.652 bits per heavy atom. The van der Waals surface area contributed by atoms with Crippen molar-refractivity contribution in [1.29, 1.82) is 0 Å². The number of hydrogen-bond acceptors (Lipinski definition) is 4. The molecule has 2 atom stereocenters. The lowest BCUT2D eigenvalue weighted by Crippen LogP contribution is -2.36. The van der Waals surface area contributed by atoms with E-state index in [1.807, 2.05) is 63.5 Å². The van der Waals surface area contributed by atoms with Gasteiger partial charge < -0.3 is 18.6 Å². The summed E-state index contributed by atoms with van der Waals surface area (Å²) in [6, 6.07) is 17.1. The van der Waals surface area contributed by atoms with Crippen molar-refractivity contribution in [3.8, 4) is 0 Å². The molecule has 0 saturated carbocycles. The molecular formula is C36H46Br2N4O4. The van der Waals surface area contributed by atoms with E-state index in [1.54, 1.807) is 0 Å². The molecule has 2 amide bonds. The van der Waals surface area contributed by atoms with Crippen LogP contribution in [0.15, 0.2) is 57.5 Å². The first kappa shape index (κ1) is 34.4. The predicted molar refractivity (Wildman–Crippen MR) is 191 cm³/mol. The molecule has 0 bridgehead atoms. The number of carbonyl (C=O) groups is 2. The molecule has 6 rings (SSSR count). The van der Waals surface area contributed by atoms with Crippen LogP contribution in [-0.2, 0) is 23.6 Å². The van der Waals surface area contributed by atoms with Gasteiger partial charge in [0.15, 0.2) is 0 Å². The van der Waals surface area contributed by atoms with Crippen molar-refractivity contribution in [2.75, 3.05) is 13.1 Å². The molecule has 2 aromatic heterocycles. The van der Waals surface area contributed by atoms with Crippen molar-refractivity contribution in [1.82, 2.24) is 18.9 Å². The fourth-order valence-corrected chi connectivity index (χ4v) is 7.31. The molecule has 2 fully saturated rings. The normalized spacial score (nSPS) is 18.7. The van der Waals surface area contributed by atoms with Gasteiger partial charge in [0.25, 0.3) is 0 Å². The van der Waals surface area contributed by atoms with E-state index in [4.69, 9.17) is 9.47 Å². The number of nitrogens with zero attached hydrogens (tertiary/aromatic N) is 4. The molecule has 0 aliphatic carbocycles. The van der Waals surface area contributed by atoms with Gasteiger partial charge >= 0.3 is 12.2 Å². The van der Waals surface area contributed by atoms with Gasteiger partial charge in [-0.3, -0.25) is 9.80 Å². The van der Waals surface area contributed by atoms with Crippen LogP contribution in [0.3, 0.4) is 0 Å². The minimum atomic E-state index is -0.464. The van der Waals surface area contributed by atoms with Gasteiger partial charge in [-0.15, -0.1) is 0 Å². The number of halogens is 2. The molecule has 0 radical (unpaired) electrons. The third-order valence-corrected chi connectivity index (χ3v) is 9.51. The number of rotatable bonds is 2. The molecular weight excluding hydrogens is 712 g/mol. The highest BCUT2D eigenvalue weighted by Crippen LogP contribution is 2.38. The third kappa shape index (κ3) is 7.59. The number of fused-ring (bicyclic) bond motifs is 2. The highest BCUT2D eigenvalue weighted by Gasteiger charge is 2.36. The van der Waals surface area contributed by atoms with Crippen LogP contribution >= 0.6 is 31.9 Å². The lowest BCUT2D eigenvalue weighted by atomic mass is 10.1. The molecule has 46 heavy (non-hydrogen) atoms. The first-order valence-electron chi connectivity index (χ1n) is 16.0. The zero-order chi connectivity index (χ0) is 33.6. The number of carbonyl (C=O) groups excluding carboxylic acids is 2. The van der Waals surface area contributed by atoms with Gasteiger partial charge in [-0.25, -0.2) is 9.59 Å². The number of hydrogen-bond donors (Lipinski definition) is 0. The lowest BCUT2D eigenvalue weighted by Gasteiger charge is -2.29. The van der Waals surface area contributed by atoms with Crippen LogP contribution in [0.5, 0.6) is 0 Å². The minimum absolute atomic E-state index is 0.0843. The summed E-state index contributed by atoms with van der Waals surface area (Å²) in [5, 5.41) is 2.38. The number of ether oxygens (including phenoxy) is 2. The van der Waals surface area contributed by atoms with Crippen molar-refractivity contribution in [3.05, 3.63) is 68.9 Å². The van der Waals surface area contributed by atoms with Gasteiger partial charge in [0.1, 0.15) is 11.2 Å². The van der Waals surface area contributed by atoms with Crippen LogP contribution < -0.4 is 0 Å². The zero-order valence-corrected chi connectivity index (χ0v) is 31.4. The Bertz CT molecular complexity index is 1620. The zero-order valence-electron chi connectivity index (χ0n) is 28.2. The van der Waals surface area contributed by atoms with E-state index in [2.05, 4.69) is 91.5 Å². The quantitative estimate of drug-likeness (QED) is 0.204. The average molecular weight is 759 g/mol. The molecule has 248 valence electrons. The smallest absolute Gasteiger partial charge is 0.410 e. The summed E-state index contributed by atoms with van der Waals surface area (Å²) in [5.41, 5.74) is 3.77. The first-order chi connectivity index (χ1) is 21.5. The molecule has 0 unspecified atom stereocenters. The van der Waals surface area contributed by atoms with Crippen LogP contribution in [0.2, 0.25) is 0 Å². The first-order valence-corrected chi connectivity index (χ1v) is 17.6. The minimum Gasteiger partial charge on any atom is -0.444 e. The Labute approximate surface area is 289 Å². The van der Waals surface area contributed by atoms with Gasteiger partial charge in [0.2, 0.25) is 0 Å². The Morgan fingerprint density at radius 3 is 1.37 bits per heavy atom. The molecule has 0 spiro atoms. The number of aryl methyl sites for hydroxylation is 2. The summed E-state index contributed by atoms with van der Waals surface area (Å²) < 4.78 is 17.7. The maximum absolute atomic E-state index is 12.5. The predicted octanol–water partition coefficient (Wildman–Crippen LogP) is 10.0. The molecule has 0 N–H and O–H groups in total. The maximum atomic E-state index is 12.5. The van der Waals surface area contributed by atoms with E-state index in [0.717, 1.165) is 47.7 Å². The average Bonchev–Trinajstić information content (AvgIpc) is 3.73. The monoisotopic (exact) mass is 756 g/mol. The van der Waals surface area contributed by atoms with Gasteiger partial charge in [-0.05, 0) is 116 Å². The fourth-order valence-electron chi connectivity index (χ4n) is 6.55. The summed E-state index contributed by atoms with van der Waals surface area (Å²) in [4.78, 5) is 28.8. The van der Waals surface area contributed by atoms with E-state index >= 15 is 0 Å². The van der Waals surface area contributed by atoms with E-state index < -0.39 is 11.2 Å². The highest BCUT2D eigenvalue weighted by molar-refractivity contribution is 9.10. The third-order valence-electron chi connectivity index (χ3n) is 8.53. The van der Waals surface area contributed by atoms with Gasteiger partial charge in [-0.1, -0.05) is 31.9 Å². The molecule has 8 nitrogen and oxygen atoms in total. The summed E-state index contributed by atoms with van der Waals surface area (Å²) in [6.07, 6.45) is 3.54. The van der Waals surface area contributed by atoms with Gasteiger partial charge in [0, 0.05) is 69.3 Å². The van der Waals surface area contributed by atoms with E-state index in [-0.39, 0.29) is 24.3 Å². The Kier molecular flexibility index (Phi) is 9.90. The van der Waals surface area contributed by atoms with E-state index in [9.17, 15) is 9.59 Å². The topological polar surface area (TPSA) is 68.9 Å². The molecule has 2 aromatic carbocycles. The molecule has 4 heterocycles. The van der Waals surface area contributed by atoms with E-state index in [1.165, 1.54) is 33.2 Å². The summed E-state index contributed by atoms with van der Waals surface area (Å²) >= 11 is 7.05. The van der Waals surface area contributed by atoms with E-state index in [0.29, 0.717) is 0 Å². The number of benzene rings is 2. The number of amides is 2. The Morgan fingerprint density at radius 2 is 1.02 bits per heavy atom. The molecule has 4 aromatic rings. The van der Waals surface area contributed by atoms with Crippen LogP contribution in [0.1, 0.15) is 90.7 Å². The SMILES string of the molecule is Cn1c([C@H]2CCCN2C(=O)OC(C)(C)C)cc2cc(Br)ccc21.Cn1c([C@H]2CCCN2C(=O)OC(C)(C)C)cc2cc(Br)ccc21. The molecule has 2 aliphatic heterocycles. The second-order valence-electron chi connectivity index (χ2n) is 14.3. The lowest BCUT2D eigenvalue weighted by molar-refractivity contribution is 0.0209. The summed E-state index contributed by atoms with van der Waals surface area (Å²) in [5.74, 6) is 0.